The Morgan fingerprint density at radius 1 is 1.24 bits per heavy atom. The van der Waals surface area contributed by atoms with Crippen molar-refractivity contribution in [3.8, 4) is 11.6 Å². The minimum Gasteiger partial charge on any atom is -0.495 e. The summed E-state index contributed by atoms with van der Waals surface area (Å²) in [5.74, 6) is -1.12. The Hall–Kier alpha value is -2.40. The van der Waals surface area contributed by atoms with Crippen LogP contribution in [0.15, 0.2) is 41.3 Å². The molecule has 1 atom stereocenters. The monoisotopic (exact) mass is 434 g/mol. The van der Waals surface area contributed by atoms with Crippen LogP contribution < -0.4 is 9.47 Å². The molecule has 11 heteroatoms. The summed E-state index contributed by atoms with van der Waals surface area (Å²) in [6, 6.07) is 6.55. The fourth-order valence-electron chi connectivity index (χ4n) is 3.00. The van der Waals surface area contributed by atoms with Gasteiger partial charge in [0.1, 0.15) is 22.2 Å². The van der Waals surface area contributed by atoms with Gasteiger partial charge in [0, 0.05) is 25.1 Å². The molecule has 0 bridgehead atoms. The first-order chi connectivity index (χ1) is 13.6. The van der Waals surface area contributed by atoms with Crippen molar-refractivity contribution in [3.63, 3.8) is 0 Å². The molecule has 1 saturated heterocycles. The summed E-state index contributed by atoms with van der Waals surface area (Å²) in [6.45, 7) is 0.258. The number of hydrogen-bond acceptors (Lipinski definition) is 5. The lowest BCUT2D eigenvalue weighted by Crippen LogP contribution is -2.30. The first kappa shape index (κ1) is 21.3. The average Bonchev–Trinajstić information content (AvgIpc) is 3.16. The van der Waals surface area contributed by atoms with Crippen molar-refractivity contribution in [2.75, 3.05) is 26.8 Å². The normalized spacial score (nSPS) is 18.0. The molecule has 0 saturated carbocycles. The van der Waals surface area contributed by atoms with E-state index in [2.05, 4.69) is 4.98 Å². The van der Waals surface area contributed by atoms with E-state index in [1.807, 2.05) is 0 Å². The molecular formula is C18H18F4N2O4S. The lowest BCUT2D eigenvalue weighted by atomic mass is 10.1. The van der Waals surface area contributed by atoms with Crippen LogP contribution >= 0.6 is 0 Å². The molecule has 29 heavy (non-hydrogen) atoms. The second-order valence-corrected chi connectivity index (χ2v) is 8.39. The molecule has 0 radical (unpaired) electrons. The number of pyridine rings is 1. The molecule has 158 valence electrons. The topological polar surface area (TPSA) is 68.7 Å². The number of sulfonamides is 1. The Morgan fingerprint density at radius 2 is 2.00 bits per heavy atom. The molecular weight excluding hydrogens is 416 g/mol. The first-order valence-corrected chi connectivity index (χ1v) is 10.1. The number of aromatic nitrogens is 1. The third-order valence-corrected chi connectivity index (χ3v) is 6.36. The molecule has 1 aromatic carbocycles. The second kappa shape index (κ2) is 8.15. The van der Waals surface area contributed by atoms with Gasteiger partial charge in [0.15, 0.2) is 0 Å². The van der Waals surface area contributed by atoms with Gasteiger partial charge in [0.25, 0.3) is 0 Å². The zero-order valence-corrected chi connectivity index (χ0v) is 16.1. The number of rotatable bonds is 6. The van der Waals surface area contributed by atoms with Gasteiger partial charge >= 0.3 is 6.18 Å². The van der Waals surface area contributed by atoms with E-state index in [1.54, 1.807) is 0 Å². The predicted octanol–water partition coefficient (Wildman–Crippen LogP) is 3.34. The van der Waals surface area contributed by atoms with Crippen LogP contribution in [0.1, 0.15) is 12.1 Å². The van der Waals surface area contributed by atoms with Crippen molar-refractivity contribution in [2.45, 2.75) is 17.5 Å². The van der Waals surface area contributed by atoms with Crippen LogP contribution in [0.3, 0.4) is 0 Å². The molecule has 3 rings (SSSR count). The van der Waals surface area contributed by atoms with E-state index in [0.29, 0.717) is 6.42 Å². The van der Waals surface area contributed by atoms with Gasteiger partial charge in [0.2, 0.25) is 15.9 Å². The molecule has 6 nitrogen and oxygen atoms in total. The minimum absolute atomic E-state index is 0.000611. The van der Waals surface area contributed by atoms with E-state index in [0.717, 1.165) is 18.2 Å². The zero-order chi connectivity index (χ0) is 21.2. The van der Waals surface area contributed by atoms with Crippen LogP contribution in [0, 0.1) is 11.7 Å². The standard InChI is InChI=1S/C18H18F4N2O4S/c1-27-14-6-5-13(19)9-15(14)29(25,26)24-8-7-12(10-24)11-28-17-4-2-3-16(23-17)18(20,21)22/h2-6,9,12H,7-8,10-11H2,1H3. The van der Waals surface area contributed by atoms with Crippen LogP contribution in [0.4, 0.5) is 17.6 Å². The summed E-state index contributed by atoms with van der Waals surface area (Å²) in [6.07, 6.45) is -4.14. The Morgan fingerprint density at radius 3 is 2.69 bits per heavy atom. The highest BCUT2D eigenvalue weighted by Crippen LogP contribution is 2.32. The Kier molecular flexibility index (Phi) is 5.99. The number of alkyl halides is 3. The van der Waals surface area contributed by atoms with E-state index >= 15 is 0 Å². The highest BCUT2D eigenvalue weighted by molar-refractivity contribution is 7.89. The van der Waals surface area contributed by atoms with Crippen LogP contribution in [0.25, 0.3) is 0 Å². The number of nitrogens with zero attached hydrogens (tertiary/aromatic N) is 2. The van der Waals surface area contributed by atoms with E-state index in [-0.39, 0.29) is 42.1 Å². The quantitative estimate of drug-likeness (QED) is 0.653. The summed E-state index contributed by atoms with van der Waals surface area (Å²) >= 11 is 0. The van der Waals surface area contributed by atoms with E-state index < -0.39 is 27.7 Å². The Labute approximate surface area is 165 Å². The molecule has 0 amide bonds. The van der Waals surface area contributed by atoms with E-state index in [9.17, 15) is 26.0 Å². The first-order valence-electron chi connectivity index (χ1n) is 8.62. The molecule has 2 aromatic rings. The van der Waals surface area contributed by atoms with Gasteiger partial charge in [-0.05, 0) is 30.7 Å². The number of halogens is 4. The van der Waals surface area contributed by atoms with Gasteiger partial charge in [-0.1, -0.05) is 6.07 Å². The molecule has 1 fully saturated rings. The second-order valence-electron chi connectivity index (χ2n) is 6.48. The van der Waals surface area contributed by atoms with Crippen LogP contribution in [-0.4, -0.2) is 44.5 Å². The van der Waals surface area contributed by atoms with E-state index in [1.165, 1.54) is 29.6 Å². The average molecular weight is 434 g/mol. The summed E-state index contributed by atoms with van der Waals surface area (Å²) in [4.78, 5) is 3.14. The van der Waals surface area contributed by atoms with Crippen molar-refractivity contribution in [3.05, 3.63) is 47.9 Å². The maximum Gasteiger partial charge on any atom is 0.433 e. The molecule has 0 spiro atoms. The number of benzene rings is 1. The zero-order valence-electron chi connectivity index (χ0n) is 15.3. The Balaban J connectivity index is 1.67. The van der Waals surface area contributed by atoms with Crippen molar-refractivity contribution in [2.24, 2.45) is 5.92 Å². The van der Waals surface area contributed by atoms with Crippen molar-refractivity contribution in [1.29, 1.82) is 0 Å². The highest BCUT2D eigenvalue weighted by Gasteiger charge is 2.35. The fourth-order valence-corrected chi connectivity index (χ4v) is 4.70. The van der Waals surface area contributed by atoms with Gasteiger partial charge in [-0.25, -0.2) is 17.8 Å². The lowest BCUT2D eigenvalue weighted by Gasteiger charge is -2.18. The third kappa shape index (κ3) is 4.78. The van der Waals surface area contributed by atoms with Gasteiger partial charge in [-0.3, -0.25) is 0 Å². The van der Waals surface area contributed by atoms with Crippen LogP contribution in [0.5, 0.6) is 11.6 Å². The molecule has 0 N–H and O–H groups in total. The molecule has 1 unspecified atom stereocenters. The molecule has 1 aliphatic rings. The highest BCUT2D eigenvalue weighted by atomic mass is 32.2. The lowest BCUT2D eigenvalue weighted by molar-refractivity contribution is -0.141. The van der Waals surface area contributed by atoms with Crippen LogP contribution in [-0.2, 0) is 16.2 Å². The Bertz CT molecular complexity index is 982. The van der Waals surface area contributed by atoms with Gasteiger partial charge in [0.05, 0.1) is 13.7 Å². The minimum atomic E-state index is -4.58. The van der Waals surface area contributed by atoms with Crippen LogP contribution in [0.2, 0.25) is 0 Å². The van der Waals surface area contributed by atoms with E-state index in [4.69, 9.17) is 9.47 Å². The summed E-state index contributed by atoms with van der Waals surface area (Å²) in [7, 11) is -2.71. The van der Waals surface area contributed by atoms with Gasteiger partial charge < -0.3 is 9.47 Å². The molecule has 1 aliphatic heterocycles. The molecule has 1 aromatic heterocycles. The molecule has 0 aliphatic carbocycles. The predicted molar refractivity (Wildman–Crippen MR) is 94.6 cm³/mol. The maximum absolute atomic E-state index is 13.6. The van der Waals surface area contributed by atoms with Crippen molar-refractivity contribution in [1.82, 2.24) is 9.29 Å². The van der Waals surface area contributed by atoms with Gasteiger partial charge in [-0.15, -0.1) is 0 Å². The number of ether oxygens (including phenoxy) is 2. The maximum atomic E-state index is 13.6. The third-order valence-electron chi connectivity index (χ3n) is 4.47. The number of hydrogen-bond donors (Lipinski definition) is 0. The molecule has 2 heterocycles. The number of methoxy groups -OCH3 is 1. The smallest absolute Gasteiger partial charge is 0.433 e. The largest absolute Gasteiger partial charge is 0.495 e. The SMILES string of the molecule is COc1ccc(F)cc1S(=O)(=O)N1CCC(COc2cccc(C(F)(F)F)n2)C1. The van der Waals surface area contributed by atoms with Crippen molar-refractivity contribution >= 4 is 10.0 Å². The van der Waals surface area contributed by atoms with Crippen molar-refractivity contribution < 1.29 is 35.5 Å². The fraction of sp³-hybridized carbons (Fsp3) is 0.389. The summed E-state index contributed by atoms with van der Waals surface area (Å²) < 4.78 is 88.9. The summed E-state index contributed by atoms with van der Waals surface area (Å²) in [5, 5.41) is 0. The summed E-state index contributed by atoms with van der Waals surface area (Å²) in [5.41, 5.74) is -1.07. The van der Waals surface area contributed by atoms with Gasteiger partial charge in [-0.2, -0.15) is 17.5 Å².